The lowest BCUT2D eigenvalue weighted by Gasteiger charge is -2.26. The van der Waals surface area contributed by atoms with Crippen LogP contribution in [0.2, 0.25) is 0 Å². The van der Waals surface area contributed by atoms with Gasteiger partial charge in [-0.2, -0.15) is 0 Å². The zero-order chi connectivity index (χ0) is 45.4. The van der Waals surface area contributed by atoms with Crippen molar-refractivity contribution >= 4 is 53.3 Å². The number of unbranched alkanes of at least 4 members (excludes halogenated alkanes) is 1. The molecule has 0 radical (unpaired) electrons. The molecule has 0 aliphatic heterocycles. The standard InChI is InChI=1S/C36H58N10O13/c1-20(51)30(36(59)43-23(16-47)14-28(38)52)46-45-27(19-50)32(55)31(54)26(18-49)42-15-22(33(39)56)9-10-29(53)40-11-5-6-12-41-35(58)25(44-34(57)24(37)17-48)13-21-7-3-2-4-8-21/h2-4,7-8,16,20,22-27,30,42,45-46,48-51H,5-6,9-15,17-19,37H2,1H3,(H2,38,52)(H2,39,56)(H,40,53)(H,41,58)(H,43,59)(H,44,57)/t20-,22?,23+,24?,25?,26+,27?,30+/m1/s1/i16D. The van der Waals surface area contributed by atoms with Gasteiger partial charge in [-0.25, -0.2) is 10.9 Å². The fourth-order valence-electron chi connectivity index (χ4n) is 5.21. The van der Waals surface area contributed by atoms with E-state index in [4.69, 9.17) is 18.6 Å². The lowest BCUT2D eigenvalue weighted by Crippen LogP contribution is -2.62. The number of hydrogen-bond donors (Lipinski definition) is 14. The van der Waals surface area contributed by atoms with Crippen molar-refractivity contribution in [3.63, 3.8) is 0 Å². The number of hydrazine groups is 1. The van der Waals surface area contributed by atoms with Crippen molar-refractivity contribution in [1.82, 2.24) is 37.4 Å². The maximum Gasteiger partial charge on any atom is 0.242 e. The Kier molecular flexibility index (Phi) is 23.8. The van der Waals surface area contributed by atoms with Crippen LogP contribution in [-0.4, -0.2) is 156 Å². The topological polar surface area (TPSA) is 397 Å². The quantitative estimate of drug-likeness (QED) is 0.0139. The van der Waals surface area contributed by atoms with Crippen molar-refractivity contribution < 1.29 is 64.9 Å². The van der Waals surface area contributed by atoms with Crippen LogP contribution in [0.15, 0.2) is 30.3 Å². The molecule has 0 aromatic heterocycles. The van der Waals surface area contributed by atoms with Crippen LogP contribution in [0.5, 0.6) is 0 Å². The average Bonchev–Trinajstić information content (AvgIpc) is 3.20. The van der Waals surface area contributed by atoms with Gasteiger partial charge in [0.05, 0.1) is 50.3 Å². The molecule has 0 bridgehead atoms. The molecule has 0 fully saturated rings. The number of aldehydes is 1. The number of amides is 6. The van der Waals surface area contributed by atoms with Gasteiger partial charge >= 0.3 is 0 Å². The van der Waals surface area contributed by atoms with Gasteiger partial charge < -0.3 is 69.0 Å². The third-order valence-corrected chi connectivity index (χ3v) is 8.69. The molecular weight excluding hydrogens is 780 g/mol. The molecule has 0 heterocycles. The molecule has 0 saturated carbocycles. The third-order valence-electron chi connectivity index (χ3n) is 8.69. The van der Waals surface area contributed by atoms with Gasteiger partial charge in [0.25, 0.3) is 0 Å². The number of aliphatic hydroxyl groups excluding tert-OH is 4. The molecule has 23 nitrogen and oxygen atoms in total. The summed E-state index contributed by atoms with van der Waals surface area (Å²) in [6.07, 6.45) is -2.76. The second-order valence-electron chi connectivity index (χ2n) is 13.5. The predicted octanol–water partition coefficient (Wildman–Crippen LogP) is -7.22. The molecular formula is C36H58N10O13. The van der Waals surface area contributed by atoms with Gasteiger partial charge in [0.15, 0.2) is 0 Å². The number of carbonyl (C=O) groups excluding carboxylic acids is 9. The van der Waals surface area contributed by atoms with E-state index in [1.54, 1.807) is 30.3 Å². The summed E-state index contributed by atoms with van der Waals surface area (Å²) in [5, 5.41) is 51.4. The number of aliphatic hydroxyl groups is 4. The van der Waals surface area contributed by atoms with Crippen LogP contribution in [0.3, 0.4) is 0 Å². The Morgan fingerprint density at radius 2 is 1.41 bits per heavy atom. The number of Topliss-reactive ketones (excluding diaryl/α,β-unsaturated/α-hetero) is 2. The Bertz CT molecular complexity index is 1610. The minimum absolute atomic E-state index is 0.0847. The van der Waals surface area contributed by atoms with Crippen LogP contribution in [0.4, 0.5) is 0 Å². The molecule has 1 rings (SSSR count). The highest BCUT2D eigenvalue weighted by atomic mass is 16.3. The maximum atomic E-state index is 13.0. The van der Waals surface area contributed by atoms with E-state index in [0.29, 0.717) is 12.8 Å². The molecule has 8 atom stereocenters. The molecule has 0 aliphatic rings. The van der Waals surface area contributed by atoms with E-state index in [1.807, 2.05) is 0 Å². The van der Waals surface area contributed by atoms with Crippen molar-refractivity contribution in [2.45, 2.75) is 87.8 Å². The highest BCUT2D eigenvalue weighted by molar-refractivity contribution is 6.41. The fourth-order valence-corrected chi connectivity index (χ4v) is 5.21. The van der Waals surface area contributed by atoms with Crippen LogP contribution in [0.25, 0.3) is 0 Å². The van der Waals surface area contributed by atoms with Crippen molar-refractivity contribution in [2.24, 2.45) is 23.1 Å². The number of rotatable bonds is 32. The van der Waals surface area contributed by atoms with Crippen LogP contribution in [0.1, 0.15) is 46.0 Å². The first-order valence-corrected chi connectivity index (χ1v) is 18.7. The maximum absolute atomic E-state index is 13.0. The zero-order valence-corrected chi connectivity index (χ0v) is 32.7. The largest absolute Gasteiger partial charge is 0.394 e. The monoisotopic (exact) mass is 839 g/mol. The molecule has 17 N–H and O–H groups in total. The summed E-state index contributed by atoms with van der Waals surface area (Å²) in [6.45, 7) is -1.34. The van der Waals surface area contributed by atoms with E-state index >= 15 is 0 Å². The van der Waals surface area contributed by atoms with E-state index in [1.165, 1.54) is 0 Å². The van der Waals surface area contributed by atoms with Gasteiger partial charge in [0.2, 0.25) is 47.0 Å². The van der Waals surface area contributed by atoms with Gasteiger partial charge in [0, 0.05) is 32.5 Å². The molecule has 0 spiro atoms. The smallest absolute Gasteiger partial charge is 0.242 e. The Morgan fingerprint density at radius 3 is 1.95 bits per heavy atom. The van der Waals surface area contributed by atoms with E-state index in [9.17, 15) is 63.6 Å². The fraction of sp³-hybridized carbons (Fsp3) is 0.583. The Labute approximate surface area is 341 Å². The van der Waals surface area contributed by atoms with Crippen molar-refractivity contribution in [2.75, 3.05) is 39.5 Å². The number of benzene rings is 1. The molecule has 4 unspecified atom stereocenters. The van der Waals surface area contributed by atoms with E-state index < -0.39 is 128 Å². The number of nitrogens with one attached hydrogen (secondary N) is 7. The molecule has 1 aromatic rings. The minimum atomic E-state index is -1.74. The third kappa shape index (κ3) is 19.8. The summed E-state index contributed by atoms with van der Waals surface area (Å²) in [5.41, 5.74) is 21.3. The summed E-state index contributed by atoms with van der Waals surface area (Å²) in [7, 11) is 0. The van der Waals surface area contributed by atoms with Gasteiger partial charge in [0.1, 0.15) is 31.8 Å². The van der Waals surface area contributed by atoms with Gasteiger partial charge in [-0.3, -0.25) is 38.4 Å². The molecule has 330 valence electrons. The van der Waals surface area contributed by atoms with E-state index in [-0.39, 0.29) is 38.9 Å². The van der Waals surface area contributed by atoms with E-state index in [2.05, 4.69) is 37.4 Å². The van der Waals surface area contributed by atoms with Crippen LogP contribution in [0, 0.1) is 5.92 Å². The van der Waals surface area contributed by atoms with Crippen molar-refractivity contribution in [3.05, 3.63) is 35.9 Å². The lowest BCUT2D eigenvalue weighted by atomic mass is 9.99. The van der Waals surface area contributed by atoms with Crippen LogP contribution < -0.4 is 54.6 Å². The van der Waals surface area contributed by atoms with E-state index in [0.717, 1.165) is 12.5 Å². The second kappa shape index (κ2) is 28.2. The Morgan fingerprint density at radius 1 is 0.797 bits per heavy atom. The number of ketones is 2. The molecule has 1 aromatic carbocycles. The molecule has 6 amide bonds. The normalized spacial score (nSPS) is 15.4. The number of primary amides is 2. The van der Waals surface area contributed by atoms with Gasteiger partial charge in [-0.15, -0.1) is 0 Å². The molecule has 59 heavy (non-hydrogen) atoms. The van der Waals surface area contributed by atoms with Crippen LogP contribution >= 0.6 is 0 Å². The minimum Gasteiger partial charge on any atom is -0.394 e. The zero-order valence-electron chi connectivity index (χ0n) is 33.7. The lowest BCUT2D eigenvalue weighted by molar-refractivity contribution is -0.140. The highest BCUT2D eigenvalue weighted by Crippen LogP contribution is 2.07. The number of hydrogen-bond acceptors (Lipinski definition) is 17. The summed E-state index contributed by atoms with van der Waals surface area (Å²) >= 11 is 0. The highest BCUT2D eigenvalue weighted by Gasteiger charge is 2.33. The van der Waals surface area contributed by atoms with Crippen molar-refractivity contribution in [1.29, 1.82) is 0 Å². The molecule has 23 heteroatoms. The summed E-state index contributed by atoms with van der Waals surface area (Å²) in [6, 6.07) is 0.182. The first-order chi connectivity index (χ1) is 28.4. The second-order valence-corrected chi connectivity index (χ2v) is 13.5. The predicted molar refractivity (Wildman–Crippen MR) is 208 cm³/mol. The summed E-state index contributed by atoms with van der Waals surface area (Å²) < 4.78 is 7.20. The van der Waals surface area contributed by atoms with Crippen LogP contribution in [-0.2, 0) is 49.6 Å². The summed E-state index contributed by atoms with van der Waals surface area (Å²) in [4.78, 5) is 111. The average molecular weight is 840 g/mol. The summed E-state index contributed by atoms with van der Waals surface area (Å²) in [5.74, 6) is -8.15. The molecule has 0 saturated heterocycles. The first-order valence-electron chi connectivity index (χ1n) is 19.2. The van der Waals surface area contributed by atoms with Crippen molar-refractivity contribution in [3.8, 4) is 0 Å². The number of nitrogens with two attached hydrogens (primary N) is 3. The Hall–Kier alpha value is -5.27. The van der Waals surface area contributed by atoms with Gasteiger partial charge in [-0.1, -0.05) is 30.3 Å². The SMILES string of the molecule is [2H]C(=O)[C@H](CC(N)=O)NC(=O)[C@@H](NNC(CO)C(=O)C(=O)[C@H](CO)NCC(CCC(=O)NCCCCNC(=O)C(Cc1ccccc1)NC(=O)C(N)CO)C(N)=O)[C@@H](C)O. The Balaban J connectivity index is 2.63. The van der Waals surface area contributed by atoms with Gasteiger partial charge in [-0.05, 0) is 31.7 Å². The number of carbonyl (C=O) groups is 9. The molecule has 0 aliphatic carbocycles. The first kappa shape index (κ1) is 49.9.